The number of nitrogens with one attached hydrogen (secondary N) is 1. The number of halogens is 1. The summed E-state index contributed by atoms with van der Waals surface area (Å²) in [6.45, 7) is 1.25. The fourth-order valence-corrected chi connectivity index (χ4v) is 3.40. The fourth-order valence-electron chi connectivity index (χ4n) is 3.40. The van der Waals surface area contributed by atoms with E-state index in [9.17, 15) is 9.18 Å². The van der Waals surface area contributed by atoms with Crippen LogP contribution in [0, 0.1) is 5.82 Å². The Labute approximate surface area is 157 Å². The van der Waals surface area contributed by atoms with Gasteiger partial charge in [0.2, 0.25) is 0 Å². The van der Waals surface area contributed by atoms with Crippen LogP contribution in [0.1, 0.15) is 21.5 Å². The van der Waals surface area contributed by atoms with Crippen molar-refractivity contribution in [3.05, 3.63) is 89.5 Å². The summed E-state index contributed by atoms with van der Waals surface area (Å²) in [5, 5.41) is 3.23. The Morgan fingerprint density at radius 3 is 2.81 bits per heavy atom. The summed E-state index contributed by atoms with van der Waals surface area (Å²) in [6, 6.07) is 16.5. The van der Waals surface area contributed by atoms with Crippen LogP contribution in [0.4, 0.5) is 15.8 Å². The third kappa shape index (κ3) is 3.67. The van der Waals surface area contributed by atoms with Gasteiger partial charge in [0.25, 0.3) is 5.91 Å². The quantitative estimate of drug-likeness (QED) is 0.745. The number of amides is 1. The lowest BCUT2D eigenvalue weighted by atomic mass is 10.1. The van der Waals surface area contributed by atoms with Gasteiger partial charge in [-0.1, -0.05) is 36.4 Å². The second kappa shape index (κ2) is 7.58. The first-order chi connectivity index (χ1) is 13.2. The Hall–Kier alpha value is -3.21. The molecule has 1 amide bonds. The van der Waals surface area contributed by atoms with Gasteiger partial charge in [0.1, 0.15) is 5.82 Å². The molecule has 0 unspecified atom stereocenters. The van der Waals surface area contributed by atoms with E-state index in [1.165, 1.54) is 11.6 Å². The minimum absolute atomic E-state index is 0.0507. The van der Waals surface area contributed by atoms with E-state index in [2.05, 4.69) is 16.4 Å². The summed E-state index contributed by atoms with van der Waals surface area (Å²) >= 11 is 0. The van der Waals surface area contributed by atoms with Gasteiger partial charge in [0.05, 0.1) is 11.3 Å². The number of nitrogens with zero attached hydrogens (tertiary/aromatic N) is 2. The van der Waals surface area contributed by atoms with Crippen molar-refractivity contribution in [3.8, 4) is 0 Å². The molecule has 0 atom stereocenters. The summed E-state index contributed by atoms with van der Waals surface area (Å²) in [4.78, 5) is 18.9. The molecule has 0 saturated carbocycles. The van der Waals surface area contributed by atoms with E-state index in [0.717, 1.165) is 17.8 Å². The second-order valence-electron chi connectivity index (χ2n) is 6.57. The summed E-state index contributed by atoms with van der Waals surface area (Å²) in [5.41, 5.74) is 4.13. The van der Waals surface area contributed by atoms with Crippen molar-refractivity contribution in [1.29, 1.82) is 0 Å². The first-order valence-corrected chi connectivity index (χ1v) is 9.04. The Bertz CT molecular complexity index is 973. The summed E-state index contributed by atoms with van der Waals surface area (Å²) < 4.78 is 13.7. The third-order valence-corrected chi connectivity index (χ3v) is 4.80. The van der Waals surface area contributed by atoms with Gasteiger partial charge >= 0.3 is 0 Å². The van der Waals surface area contributed by atoms with E-state index in [0.29, 0.717) is 30.6 Å². The van der Waals surface area contributed by atoms with E-state index in [1.807, 2.05) is 24.3 Å². The van der Waals surface area contributed by atoms with Gasteiger partial charge in [-0.25, -0.2) is 4.39 Å². The van der Waals surface area contributed by atoms with Crippen molar-refractivity contribution < 1.29 is 9.18 Å². The van der Waals surface area contributed by atoms with Crippen LogP contribution in [-0.4, -0.2) is 24.0 Å². The van der Waals surface area contributed by atoms with Gasteiger partial charge in [-0.2, -0.15) is 0 Å². The van der Waals surface area contributed by atoms with Crippen LogP contribution in [-0.2, 0) is 12.8 Å². The monoisotopic (exact) mass is 361 g/mol. The van der Waals surface area contributed by atoms with Crippen LogP contribution in [0.2, 0.25) is 0 Å². The fraction of sp³-hybridized carbons (Fsp3) is 0.182. The van der Waals surface area contributed by atoms with Gasteiger partial charge < -0.3 is 10.2 Å². The molecule has 136 valence electrons. The molecular weight excluding hydrogens is 341 g/mol. The zero-order valence-corrected chi connectivity index (χ0v) is 14.9. The molecule has 2 aromatic carbocycles. The number of fused-ring (bicyclic) bond motifs is 1. The molecule has 3 aromatic rings. The van der Waals surface area contributed by atoms with Crippen LogP contribution in [0.25, 0.3) is 0 Å². The minimum Gasteiger partial charge on any atom is -0.383 e. The van der Waals surface area contributed by atoms with Crippen molar-refractivity contribution in [2.45, 2.75) is 12.8 Å². The maximum absolute atomic E-state index is 13.7. The Balaban J connectivity index is 1.43. The van der Waals surface area contributed by atoms with Gasteiger partial charge in [-0.15, -0.1) is 0 Å². The number of anilines is 2. The van der Waals surface area contributed by atoms with Gasteiger partial charge in [-0.05, 0) is 42.2 Å². The summed E-state index contributed by atoms with van der Waals surface area (Å²) in [6.07, 6.45) is 4.70. The predicted octanol–water partition coefficient (Wildman–Crippen LogP) is 4.08. The summed E-state index contributed by atoms with van der Waals surface area (Å²) in [7, 11) is 0. The number of rotatable bonds is 5. The molecule has 0 aliphatic carbocycles. The smallest absolute Gasteiger partial charge is 0.259 e. The molecule has 1 aromatic heterocycles. The van der Waals surface area contributed by atoms with E-state index in [1.54, 1.807) is 35.5 Å². The average Bonchev–Trinajstić information content (AvgIpc) is 3.13. The molecular formula is C22H20FN3O. The zero-order valence-electron chi connectivity index (χ0n) is 14.9. The standard InChI is InChI=1S/C22H20FN3O/c23-20-7-3-1-5-16(20)9-11-25-19-13-18(14-24-15-19)22(27)26-12-10-17-6-2-4-8-21(17)26/h1-8,13-15,25H,9-12H2. The molecule has 0 saturated heterocycles. The molecule has 4 nitrogen and oxygen atoms in total. The number of pyridine rings is 1. The molecule has 4 rings (SSSR count). The highest BCUT2D eigenvalue weighted by atomic mass is 19.1. The first-order valence-electron chi connectivity index (χ1n) is 9.04. The van der Waals surface area contributed by atoms with E-state index in [-0.39, 0.29) is 11.7 Å². The first kappa shape index (κ1) is 17.2. The highest BCUT2D eigenvalue weighted by molar-refractivity contribution is 6.07. The molecule has 1 aliphatic rings. The van der Waals surface area contributed by atoms with E-state index >= 15 is 0 Å². The Kier molecular flexibility index (Phi) is 4.83. The van der Waals surface area contributed by atoms with Gasteiger partial charge in [-0.3, -0.25) is 9.78 Å². The number of hydrogen-bond acceptors (Lipinski definition) is 3. The molecule has 0 bridgehead atoms. The second-order valence-corrected chi connectivity index (χ2v) is 6.57. The number of hydrogen-bond donors (Lipinski definition) is 1. The van der Waals surface area contributed by atoms with Gasteiger partial charge in [0, 0.05) is 31.2 Å². The highest BCUT2D eigenvalue weighted by Crippen LogP contribution is 2.29. The van der Waals surface area contributed by atoms with E-state index < -0.39 is 0 Å². The molecule has 27 heavy (non-hydrogen) atoms. The van der Waals surface area contributed by atoms with Gasteiger partial charge in [0.15, 0.2) is 0 Å². The number of benzene rings is 2. The SMILES string of the molecule is O=C(c1cncc(NCCc2ccccc2F)c1)N1CCc2ccccc21. The Morgan fingerprint density at radius 2 is 1.93 bits per heavy atom. The molecule has 1 aliphatic heterocycles. The lowest BCUT2D eigenvalue weighted by molar-refractivity contribution is 0.0989. The van der Waals surface area contributed by atoms with Crippen molar-refractivity contribution in [1.82, 2.24) is 4.98 Å². The number of aromatic nitrogens is 1. The normalized spacial score (nSPS) is 12.7. The molecule has 0 fully saturated rings. The molecule has 0 radical (unpaired) electrons. The average molecular weight is 361 g/mol. The lowest BCUT2D eigenvalue weighted by Crippen LogP contribution is -2.29. The number of carbonyl (C=O) groups excluding carboxylic acids is 1. The summed E-state index contributed by atoms with van der Waals surface area (Å²) in [5.74, 6) is -0.251. The Morgan fingerprint density at radius 1 is 1.11 bits per heavy atom. The van der Waals surface area contributed by atoms with Crippen LogP contribution < -0.4 is 10.2 Å². The van der Waals surface area contributed by atoms with Crippen LogP contribution >= 0.6 is 0 Å². The third-order valence-electron chi connectivity index (χ3n) is 4.80. The molecule has 0 spiro atoms. The molecule has 2 heterocycles. The maximum atomic E-state index is 13.7. The topological polar surface area (TPSA) is 45.2 Å². The van der Waals surface area contributed by atoms with Crippen LogP contribution in [0.15, 0.2) is 67.0 Å². The molecule has 5 heteroatoms. The molecule has 1 N–H and O–H groups in total. The van der Waals surface area contributed by atoms with Crippen molar-refractivity contribution >= 4 is 17.3 Å². The lowest BCUT2D eigenvalue weighted by Gasteiger charge is -2.17. The van der Waals surface area contributed by atoms with Crippen molar-refractivity contribution in [3.63, 3.8) is 0 Å². The largest absolute Gasteiger partial charge is 0.383 e. The predicted molar refractivity (Wildman–Crippen MR) is 105 cm³/mol. The number of carbonyl (C=O) groups is 1. The van der Waals surface area contributed by atoms with Crippen LogP contribution in [0.3, 0.4) is 0 Å². The minimum atomic E-state index is -0.200. The highest BCUT2D eigenvalue weighted by Gasteiger charge is 2.25. The van der Waals surface area contributed by atoms with Crippen molar-refractivity contribution in [2.24, 2.45) is 0 Å². The van der Waals surface area contributed by atoms with E-state index in [4.69, 9.17) is 0 Å². The van der Waals surface area contributed by atoms with Crippen LogP contribution in [0.5, 0.6) is 0 Å². The number of para-hydroxylation sites is 1. The van der Waals surface area contributed by atoms with Crippen molar-refractivity contribution in [2.75, 3.05) is 23.3 Å². The maximum Gasteiger partial charge on any atom is 0.259 e. The zero-order chi connectivity index (χ0) is 18.6.